The molecule has 16 heavy (non-hydrogen) atoms. The molecule has 84 valence electrons. The smallest absolute Gasteiger partial charge is 0.338 e. The molecule has 3 heteroatoms. The van der Waals surface area contributed by atoms with Gasteiger partial charge in [0, 0.05) is 6.42 Å². The van der Waals surface area contributed by atoms with Crippen molar-refractivity contribution in [2.75, 3.05) is 0 Å². The zero-order chi connectivity index (χ0) is 11.4. The van der Waals surface area contributed by atoms with Crippen molar-refractivity contribution in [3.8, 4) is 0 Å². The van der Waals surface area contributed by atoms with E-state index in [0.717, 1.165) is 12.8 Å². The molecule has 1 aliphatic carbocycles. The summed E-state index contributed by atoms with van der Waals surface area (Å²) >= 11 is 3.53. The van der Waals surface area contributed by atoms with E-state index in [0.29, 0.717) is 5.56 Å². The average molecular weight is 281 g/mol. The van der Waals surface area contributed by atoms with E-state index in [1.54, 1.807) is 12.1 Å². The van der Waals surface area contributed by atoms with Gasteiger partial charge in [-0.25, -0.2) is 4.79 Å². The highest BCUT2D eigenvalue weighted by Crippen LogP contribution is 2.23. The van der Waals surface area contributed by atoms with Gasteiger partial charge in [-0.1, -0.05) is 46.3 Å². The fourth-order valence-corrected chi connectivity index (χ4v) is 2.20. The topological polar surface area (TPSA) is 26.3 Å². The molecule has 0 spiro atoms. The molecule has 0 radical (unpaired) electrons. The van der Waals surface area contributed by atoms with Crippen LogP contribution in [0.3, 0.4) is 0 Å². The zero-order valence-electron chi connectivity index (χ0n) is 8.80. The van der Waals surface area contributed by atoms with Gasteiger partial charge < -0.3 is 4.74 Å². The molecule has 2 nitrogen and oxygen atoms in total. The Morgan fingerprint density at radius 2 is 1.88 bits per heavy atom. The summed E-state index contributed by atoms with van der Waals surface area (Å²) in [6.45, 7) is 0. The molecule has 0 bridgehead atoms. The number of ether oxygens (including phenoxy) is 1. The van der Waals surface area contributed by atoms with Crippen molar-refractivity contribution in [2.45, 2.75) is 23.8 Å². The van der Waals surface area contributed by atoms with E-state index in [2.05, 4.69) is 28.1 Å². The molecule has 2 atom stereocenters. The number of carbonyl (C=O) groups excluding carboxylic acids is 1. The second-order valence-electron chi connectivity index (χ2n) is 3.77. The summed E-state index contributed by atoms with van der Waals surface area (Å²) < 4.78 is 5.45. The number of alkyl halides is 1. The van der Waals surface area contributed by atoms with Crippen LogP contribution >= 0.6 is 15.9 Å². The Labute approximate surface area is 103 Å². The third kappa shape index (κ3) is 2.73. The molecule has 0 aliphatic heterocycles. The summed E-state index contributed by atoms with van der Waals surface area (Å²) in [4.78, 5) is 12.0. The molecule has 0 unspecified atom stereocenters. The van der Waals surface area contributed by atoms with Crippen molar-refractivity contribution in [3.05, 3.63) is 48.0 Å². The van der Waals surface area contributed by atoms with Crippen LogP contribution in [0.5, 0.6) is 0 Å². The summed E-state index contributed by atoms with van der Waals surface area (Å²) in [5.41, 5.74) is 0.608. The van der Waals surface area contributed by atoms with E-state index in [1.165, 1.54) is 0 Å². The van der Waals surface area contributed by atoms with E-state index in [4.69, 9.17) is 4.74 Å². The molecule has 0 N–H and O–H groups in total. The zero-order valence-corrected chi connectivity index (χ0v) is 10.4. The largest absolute Gasteiger partial charge is 0.457 e. The van der Waals surface area contributed by atoms with Gasteiger partial charge in [-0.2, -0.15) is 0 Å². The summed E-state index contributed by atoms with van der Waals surface area (Å²) in [6, 6.07) is 9.09. The standard InChI is InChI=1S/C13H13BrO2/c14-11-8-4-5-9-12(11)16-13(15)10-6-2-1-3-7-10/h1-7,11-12H,8-9H2/t11-,12-/m1/s1. The van der Waals surface area contributed by atoms with E-state index < -0.39 is 0 Å². The van der Waals surface area contributed by atoms with Crippen molar-refractivity contribution in [2.24, 2.45) is 0 Å². The van der Waals surface area contributed by atoms with Gasteiger partial charge in [-0.15, -0.1) is 0 Å². The van der Waals surface area contributed by atoms with Crippen molar-refractivity contribution in [3.63, 3.8) is 0 Å². The Kier molecular flexibility index (Phi) is 3.78. The van der Waals surface area contributed by atoms with Gasteiger partial charge >= 0.3 is 5.97 Å². The Hall–Kier alpha value is -1.09. The summed E-state index contributed by atoms with van der Waals surface area (Å²) in [6.07, 6.45) is 5.80. The van der Waals surface area contributed by atoms with Gasteiger partial charge in [0.25, 0.3) is 0 Å². The maximum atomic E-state index is 11.8. The van der Waals surface area contributed by atoms with Crippen molar-refractivity contribution in [1.82, 2.24) is 0 Å². The van der Waals surface area contributed by atoms with Crippen LogP contribution in [-0.4, -0.2) is 16.9 Å². The molecule has 0 fully saturated rings. The predicted octanol–water partition coefficient (Wildman–Crippen LogP) is 3.33. The fourth-order valence-electron chi connectivity index (χ4n) is 1.66. The van der Waals surface area contributed by atoms with Crippen LogP contribution in [0, 0.1) is 0 Å². The summed E-state index contributed by atoms with van der Waals surface area (Å²) in [5.74, 6) is -0.245. The van der Waals surface area contributed by atoms with Gasteiger partial charge in [0.15, 0.2) is 0 Å². The van der Waals surface area contributed by atoms with Gasteiger partial charge in [-0.3, -0.25) is 0 Å². The van der Waals surface area contributed by atoms with Crippen molar-refractivity contribution in [1.29, 1.82) is 0 Å². The Morgan fingerprint density at radius 3 is 2.56 bits per heavy atom. The number of hydrogen-bond acceptors (Lipinski definition) is 2. The Balaban J connectivity index is 2.00. The predicted molar refractivity (Wildman–Crippen MR) is 66.7 cm³/mol. The van der Waals surface area contributed by atoms with E-state index in [-0.39, 0.29) is 16.9 Å². The lowest BCUT2D eigenvalue weighted by Crippen LogP contribution is -2.28. The SMILES string of the molecule is O=C(O[C@@H]1CC=CC[C@H]1Br)c1ccccc1. The highest BCUT2D eigenvalue weighted by molar-refractivity contribution is 9.09. The lowest BCUT2D eigenvalue weighted by atomic mass is 10.0. The first-order chi connectivity index (χ1) is 7.77. The number of carbonyl (C=O) groups is 1. The number of esters is 1. The highest BCUT2D eigenvalue weighted by atomic mass is 79.9. The van der Waals surface area contributed by atoms with Crippen LogP contribution in [0.1, 0.15) is 23.2 Å². The Morgan fingerprint density at radius 1 is 1.19 bits per heavy atom. The minimum Gasteiger partial charge on any atom is -0.457 e. The molecular weight excluding hydrogens is 268 g/mol. The lowest BCUT2D eigenvalue weighted by Gasteiger charge is -2.23. The van der Waals surface area contributed by atoms with Crippen molar-refractivity contribution >= 4 is 21.9 Å². The van der Waals surface area contributed by atoms with Crippen LogP contribution in [0.4, 0.5) is 0 Å². The average Bonchev–Trinajstić information content (AvgIpc) is 2.33. The first-order valence-corrected chi connectivity index (χ1v) is 6.24. The molecule has 0 saturated heterocycles. The second kappa shape index (κ2) is 5.30. The Bertz CT molecular complexity index is 386. The number of allylic oxidation sites excluding steroid dienone is 1. The van der Waals surface area contributed by atoms with Crippen LogP contribution < -0.4 is 0 Å². The number of rotatable bonds is 2. The van der Waals surface area contributed by atoms with Gasteiger partial charge in [0.2, 0.25) is 0 Å². The first kappa shape index (κ1) is 11.4. The van der Waals surface area contributed by atoms with E-state index in [9.17, 15) is 4.79 Å². The monoisotopic (exact) mass is 280 g/mol. The maximum absolute atomic E-state index is 11.8. The van der Waals surface area contributed by atoms with E-state index >= 15 is 0 Å². The number of benzene rings is 1. The van der Waals surface area contributed by atoms with Crippen LogP contribution in [-0.2, 0) is 4.74 Å². The van der Waals surface area contributed by atoms with Gasteiger partial charge in [0.05, 0.1) is 10.4 Å². The van der Waals surface area contributed by atoms with Crippen LogP contribution in [0.15, 0.2) is 42.5 Å². The van der Waals surface area contributed by atoms with Crippen LogP contribution in [0.2, 0.25) is 0 Å². The quantitative estimate of drug-likeness (QED) is 0.472. The molecule has 1 aromatic carbocycles. The minimum absolute atomic E-state index is 0.0577. The molecule has 0 aromatic heterocycles. The summed E-state index contributed by atoms with van der Waals surface area (Å²) in [7, 11) is 0. The fraction of sp³-hybridized carbons (Fsp3) is 0.308. The second-order valence-corrected chi connectivity index (χ2v) is 4.94. The number of halogens is 1. The van der Waals surface area contributed by atoms with Crippen molar-refractivity contribution < 1.29 is 9.53 Å². The van der Waals surface area contributed by atoms with Gasteiger partial charge in [-0.05, 0) is 18.6 Å². The summed E-state index contributed by atoms with van der Waals surface area (Å²) in [5, 5.41) is 0. The minimum atomic E-state index is -0.245. The number of hydrogen-bond donors (Lipinski definition) is 0. The van der Waals surface area contributed by atoms with Gasteiger partial charge in [0.1, 0.15) is 6.10 Å². The lowest BCUT2D eigenvalue weighted by molar-refractivity contribution is 0.0300. The molecular formula is C13H13BrO2. The van der Waals surface area contributed by atoms with E-state index in [1.807, 2.05) is 18.2 Å². The molecule has 0 saturated carbocycles. The maximum Gasteiger partial charge on any atom is 0.338 e. The first-order valence-electron chi connectivity index (χ1n) is 5.32. The van der Waals surface area contributed by atoms with Crippen LogP contribution in [0.25, 0.3) is 0 Å². The third-order valence-electron chi connectivity index (χ3n) is 2.57. The molecule has 1 aromatic rings. The molecule has 0 heterocycles. The third-order valence-corrected chi connectivity index (χ3v) is 3.53. The normalized spacial score (nSPS) is 24.1. The molecule has 1 aliphatic rings. The molecule has 2 rings (SSSR count). The highest BCUT2D eigenvalue weighted by Gasteiger charge is 2.23. The molecule has 0 amide bonds.